The van der Waals surface area contributed by atoms with Crippen molar-refractivity contribution >= 4 is 28.3 Å². The molecule has 1 aromatic heterocycles. The third kappa shape index (κ3) is 3.81. The van der Waals surface area contributed by atoms with Crippen LogP contribution >= 0.6 is 0 Å². The summed E-state index contributed by atoms with van der Waals surface area (Å²) in [4.78, 5) is 18.4. The van der Waals surface area contributed by atoms with Crippen molar-refractivity contribution in [2.45, 2.75) is 39.8 Å². The summed E-state index contributed by atoms with van der Waals surface area (Å²) >= 11 is 0. The van der Waals surface area contributed by atoms with Crippen molar-refractivity contribution in [3.05, 3.63) is 48.3 Å². The van der Waals surface area contributed by atoms with Crippen molar-refractivity contribution in [1.82, 2.24) is 9.55 Å². The Morgan fingerprint density at radius 3 is 2.75 bits per heavy atom. The van der Waals surface area contributed by atoms with E-state index in [0.717, 1.165) is 67.4 Å². The molecule has 6 heteroatoms. The average Bonchev–Trinajstić information content (AvgIpc) is 3.05. The number of anilines is 2. The number of hydrogen-bond donors (Lipinski definition) is 1. The van der Waals surface area contributed by atoms with Gasteiger partial charge in [-0.25, -0.2) is 4.98 Å². The van der Waals surface area contributed by atoms with Crippen LogP contribution < -0.4 is 15.0 Å². The summed E-state index contributed by atoms with van der Waals surface area (Å²) in [5, 5.41) is 2.82. The van der Waals surface area contributed by atoms with Crippen LogP contribution in [0.3, 0.4) is 0 Å². The van der Waals surface area contributed by atoms with Crippen LogP contribution in [0.4, 0.5) is 11.4 Å². The second kappa shape index (κ2) is 7.92. The van der Waals surface area contributed by atoms with Gasteiger partial charge in [-0.3, -0.25) is 4.79 Å². The zero-order valence-corrected chi connectivity index (χ0v) is 16.4. The molecule has 1 N–H and O–H groups in total. The molecule has 6 nitrogen and oxygen atoms in total. The second-order valence-corrected chi connectivity index (χ2v) is 7.18. The van der Waals surface area contributed by atoms with Crippen LogP contribution in [-0.4, -0.2) is 28.6 Å². The largest absolute Gasteiger partial charge is 0.494 e. The lowest BCUT2D eigenvalue weighted by atomic mass is 10.2. The molecule has 0 aliphatic carbocycles. The van der Waals surface area contributed by atoms with Gasteiger partial charge in [0.15, 0.2) is 0 Å². The predicted octanol–water partition coefficient (Wildman–Crippen LogP) is 4.19. The van der Waals surface area contributed by atoms with Crippen LogP contribution in [0.1, 0.15) is 32.5 Å². The molecule has 4 rings (SSSR count). The summed E-state index contributed by atoms with van der Waals surface area (Å²) in [5.74, 6) is 1.90. The Bertz CT molecular complexity index is 978. The van der Waals surface area contributed by atoms with E-state index in [4.69, 9.17) is 9.72 Å². The number of aromatic nitrogens is 2. The molecule has 28 heavy (non-hydrogen) atoms. The van der Waals surface area contributed by atoms with Gasteiger partial charge in [0.1, 0.15) is 11.6 Å². The highest BCUT2D eigenvalue weighted by atomic mass is 16.5. The SMILES string of the molecule is CCCCOc1ccc(N2CCn3c(nc4cc(NC(C)=O)ccc43)C2)cc1. The highest BCUT2D eigenvalue weighted by Crippen LogP contribution is 2.27. The number of carbonyl (C=O) groups is 1. The molecule has 0 saturated carbocycles. The van der Waals surface area contributed by atoms with Gasteiger partial charge in [0.25, 0.3) is 0 Å². The summed E-state index contributed by atoms with van der Waals surface area (Å²) in [6.45, 7) is 7.03. The van der Waals surface area contributed by atoms with Crippen molar-refractivity contribution in [2.24, 2.45) is 0 Å². The number of nitrogens with zero attached hydrogens (tertiary/aromatic N) is 3. The maximum absolute atomic E-state index is 11.3. The topological polar surface area (TPSA) is 59.4 Å². The van der Waals surface area contributed by atoms with Crippen molar-refractivity contribution in [3.8, 4) is 5.75 Å². The molecule has 1 aliphatic rings. The third-order valence-corrected chi connectivity index (χ3v) is 5.04. The highest BCUT2D eigenvalue weighted by Gasteiger charge is 2.20. The van der Waals surface area contributed by atoms with Crippen LogP contribution in [0.5, 0.6) is 5.75 Å². The molecule has 2 aromatic carbocycles. The minimum atomic E-state index is -0.0726. The number of amides is 1. The summed E-state index contributed by atoms with van der Waals surface area (Å²) in [6, 6.07) is 14.2. The van der Waals surface area contributed by atoms with Crippen LogP contribution in [0.15, 0.2) is 42.5 Å². The highest BCUT2D eigenvalue weighted by molar-refractivity contribution is 5.91. The number of fused-ring (bicyclic) bond motifs is 3. The molecule has 0 fully saturated rings. The van der Waals surface area contributed by atoms with Crippen molar-refractivity contribution in [2.75, 3.05) is 23.4 Å². The zero-order valence-electron chi connectivity index (χ0n) is 16.4. The Hall–Kier alpha value is -3.02. The number of benzene rings is 2. The van der Waals surface area contributed by atoms with Gasteiger partial charge in [-0.1, -0.05) is 13.3 Å². The second-order valence-electron chi connectivity index (χ2n) is 7.18. The van der Waals surface area contributed by atoms with Gasteiger partial charge in [0.05, 0.1) is 24.2 Å². The first kappa shape index (κ1) is 18.3. The Kier molecular flexibility index (Phi) is 5.19. The molecule has 0 radical (unpaired) electrons. The number of carbonyl (C=O) groups excluding carboxylic acids is 1. The summed E-state index contributed by atoms with van der Waals surface area (Å²) in [6.07, 6.45) is 2.22. The number of rotatable bonds is 6. The first-order valence-corrected chi connectivity index (χ1v) is 9.88. The monoisotopic (exact) mass is 378 g/mol. The quantitative estimate of drug-likeness (QED) is 0.653. The molecule has 3 aromatic rings. The minimum absolute atomic E-state index is 0.0726. The lowest BCUT2D eigenvalue weighted by Gasteiger charge is -2.30. The fourth-order valence-corrected chi connectivity index (χ4v) is 3.61. The molecule has 0 unspecified atom stereocenters. The standard InChI is InChI=1S/C22H26N4O2/c1-3-4-13-28-19-8-6-18(7-9-19)25-11-12-26-21-10-5-17(23-16(2)27)14-20(21)24-22(26)15-25/h5-10,14H,3-4,11-13,15H2,1-2H3,(H,23,27). The zero-order chi connectivity index (χ0) is 19.5. The van der Waals surface area contributed by atoms with E-state index in [1.807, 2.05) is 30.3 Å². The van der Waals surface area contributed by atoms with Crippen LogP contribution in [-0.2, 0) is 17.9 Å². The van der Waals surface area contributed by atoms with Gasteiger partial charge in [0.2, 0.25) is 5.91 Å². The van der Waals surface area contributed by atoms with E-state index in [1.54, 1.807) is 0 Å². The molecule has 1 aliphatic heterocycles. The van der Waals surface area contributed by atoms with Gasteiger partial charge < -0.3 is 19.5 Å². The maximum atomic E-state index is 11.3. The minimum Gasteiger partial charge on any atom is -0.494 e. The first-order chi connectivity index (χ1) is 13.6. The summed E-state index contributed by atoms with van der Waals surface area (Å²) in [7, 11) is 0. The lowest BCUT2D eigenvalue weighted by molar-refractivity contribution is -0.114. The van der Waals surface area contributed by atoms with Crippen LogP contribution in [0.25, 0.3) is 11.0 Å². The molecule has 0 spiro atoms. The number of imidazole rings is 1. The van der Waals surface area contributed by atoms with E-state index < -0.39 is 0 Å². The fraction of sp³-hybridized carbons (Fsp3) is 0.364. The molecular weight excluding hydrogens is 352 g/mol. The molecule has 146 valence electrons. The Morgan fingerprint density at radius 1 is 1.18 bits per heavy atom. The Morgan fingerprint density at radius 2 is 2.00 bits per heavy atom. The molecule has 0 atom stereocenters. The maximum Gasteiger partial charge on any atom is 0.221 e. The van der Waals surface area contributed by atoms with Crippen molar-refractivity contribution in [1.29, 1.82) is 0 Å². The van der Waals surface area contributed by atoms with E-state index in [1.165, 1.54) is 12.6 Å². The molecular formula is C22H26N4O2. The first-order valence-electron chi connectivity index (χ1n) is 9.88. The van der Waals surface area contributed by atoms with Crippen molar-refractivity contribution in [3.63, 3.8) is 0 Å². The number of ether oxygens (including phenoxy) is 1. The molecule has 2 heterocycles. The molecule has 1 amide bonds. The van der Waals surface area contributed by atoms with E-state index in [2.05, 4.69) is 33.8 Å². The van der Waals surface area contributed by atoms with Crippen LogP contribution in [0.2, 0.25) is 0 Å². The molecule has 0 bridgehead atoms. The van der Waals surface area contributed by atoms with E-state index in [9.17, 15) is 4.79 Å². The predicted molar refractivity (Wildman–Crippen MR) is 112 cm³/mol. The Labute approximate surface area is 165 Å². The van der Waals surface area contributed by atoms with E-state index >= 15 is 0 Å². The molecule has 0 saturated heterocycles. The lowest BCUT2D eigenvalue weighted by Crippen LogP contribution is -2.33. The van der Waals surface area contributed by atoms with Gasteiger partial charge in [-0.15, -0.1) is 0 Å². The van der Waals surface area contributed by atoms with Gasteiger partial charge >= 0.3 is 0 Å². The normalized spacial score (nSPS) is 13.4. The number of unbranched alkanes of at least 4 members (excludes halogenated alkanes) is 1. The van der Waals surface area contributed by atoms with Gasteiger partial charge in [-0.05, 0) is 48.9 Å². The van der Waals surface area contributed by atoms with E-state index in [-0.39, 0.29) is 5.91 Å². The summed E-state index contributed by atoms with van der Waals surface area (Å²) in [5.41, 5.74) is 4.00. The van der Waals surface area contributed by atoms with E-state index in [0.29, 0.717) is 0 Å². The van der Waals surface area contributed by atoms with Crippen LogP contribution in [0, 0.1) is 0 Å². The Balaban J connectivity index is 1.50. The third-order valence-electron chi connectivity index (χ3n) is 5.04. The van der Waals surface area contributed by atoms with Gasteiger partial charge in [0, 0.05) is 31.4 Å². The smallest absolute Gasteiger partial charge is 0.221 e. The number of hydrogen-bond acceptors (Lipinski definition) is 4. The van der Waals surface area contributed by atoms with Crippen molar-refractivity contribution < 1.29 is 9.53 Å². The number of nitrogens with one attached hydrogen (secondary N) is 1. The summed E-state index contributed by atoms with van der Waals surface area (Å²) < 4.78 is 8.03. The average molecular weight is 378 g/mol. The fourth-order valence-electron chi connectivity index (χ4n) is 3.61. The van der Waals surface area contributed by atoms with Gasteiger partial charge in [-0.2, -0.15) is 0 Å².